The van der Waals surface area contributed by atoms with Gasteiger partial charge in [0.1, 0.15) is 17.3 Å². The van der Waals surface area contributed by atoms with Gasteiger partial charge in [-0.25, -0.2) is 9.82 Å². The number of halogens is 2. The molecule has 0 saturated carbocycles. The van der Waals surface area contributed by atoms with Crippen molar-refractivity contribution in [2.45, 2.75) is 13.8 Å². The predicted molar refractivity (Wildman–Crippen MR) is 77.3 cm³/mol. The molecule has 104 valence electrons. The first-order chi connectivity index (χ1) is 9.47. The van der Waals surface area contributed by atoms with E-state index < -0.39 is 11.7 Å². The van der Waals surface area contributed by atoms with Crippen LogP contribution < -0.4 is 5.43 Å². The summed E-state index contributed by atoms with van der Waals surface area (Å²) >= 11 is 3.24. The first kappa shape index (κ1) is 14.5. The number of benzene rings is 1. The second kappa shape index (κ2) is 6.00. The van der Waals surface area contributed by atoms with Crippen LogP contribution in [0.1, 0.15) is 27.4 Å². The largest absolute Gasteiger partial charge is 0.466 e. The first-order valence-electron chi connectivity index (χ1n) is 5.83. The Morgan fingerprint density at radius 3 is 2.80 bits per heavy atom. The van der Waals surface area contributed by atoms with E-state index in [2.05, 4.69) is 26.5 Å². The molecule has 6 heteroatoms. The summed E-state index contributed by atoms with van der Waals surface area (Å²) in [5.74, 6) is 0.353. The van der Waals surface area contributed by atoms with Crippen molar-refractivity contribution in [3.63, 3.8) is 0 Å². The van der Waals surface area contributed by atoms with E-state index in [0.29, 0.717) is 17.1 Å². The van der Waals surface area contributed by atoms with Crippen LogP contribution in [0, 0.1) is 19.7 Å². The summed E-state index contributed by atoms with van der Waals surface area (Å²) in [6, 6.07) is 6.10. The Kier molecular flexibility index (Phi) is 4.34. The Balaban J connectivity index is 2.08. The molecule has 1 heterocycles. The van der Waals surface area contributed by atoms with E-state index in [1.807, 2.05) is 0 Å². The van der Waals surface area contributed by atoms with Crippen LogP contribution in [0.4, 0.5) is 4.39 Å². The summed E-state index contributed by atoms with van der Waals surface area (Å²) in [7, 11) is 0. The maximum atomic E-state index is 13.4. The minimum Gasteiger partial charge on any atom is -0.466 e. The lowest BCUT2D eigenvalue weighted by molar-refractivity contribution is 0.0953. The molecule has 4 nitrogen and oxygen atoms in total. The monoisotopic (exact) mass is 338 g/mol. The minimum absolute atomic E-state index is 0.278. The zero-order chi connectivity index (χ0) is 14.7. The molecule has 1 N–H and O–H groups in total. The van der Waals surface area contributed by atoms with Crippen molar-refractivity contribution in [1.29, 1.82) is 0 Å². The van der Waals surface area contributed by atoms with Gasteiger partial charge in [0, 0.05) is 10.0 Å². The number of furan rings is 1. The highest BCUT2D eigenvalue weighted by atomic mass is 79.9. The van der Waals surface area contributed by atoms with Gasteiger partial charge in [0.25, 0.3) is 5.91 Å². The molecule has 0 aliphatic carbocycles. The molecule has 1 amide bonds. The number of rotatable bonds is 3. The SMILES string of the molecule is Cc1cc(C(=O)N/N=C\c2cc(Br)ccc2F)c(C)o1. The number of nitrogens with one attached hydrogen (secondary N) is 1. The molecule has 20 heavy (non-hydrogen) atoms. The van der Waals surface area contributed by atoms with Crippen molar-refractivity contribution >= 4 is 28.1 Å². The standard InChI is InChI=1S/C14H12BrFN2O2/c1-8-5-12(9(2)20-8)14(19)18-17-7-10-6-11(15)3-4-13(10)16/h3-7H,1-2H3,(H,18,19)/b17-7-. The first-order valence-corrected chi connectivity index (χ1v) is 6.62. The van der Waals surface area contributed by atoms with E-state index in [1.54, 1.807) is 32.0 Å². The van der Waals surface area contributed by atoms with E-state index >= 15 is 0 Å². The average molecular weight is 339 g/mol. The molecular weight excluding hydrogens is 327 g/mol. The molecule has 0 aliphatic heterocycles. The van der Waals surface area contributed by atoms with Gasteiger partial charge in [-0.3, -0.25) is 4.79 Å². The Hall–Kier alpha value is -1.95. The third-order valence-corrected chi connectivity index (χ3v) is 3.11. The lowest BCUT2D eigenvalue weighted by Gasteiger charge is -1.99. The minimum atomic E-state index is -0.415. The number of amides is 1. The third-order valence-electron chi connectivity index (χ3n) is 2.61. The number of carbonyl (C=O) groups excluding carboxylic acids is 1. The Morgan fingerprint density at radius 1 is 1.40 bits per heavy atom. The van der Waals surface area contributed by atoms with E-state index in [1.165, 1.54) is 12.3 Å². The zero-order valence-electron chi connectivity index (χ0n) is 10.9. The van der Waals surface area contributed by atoms with E-state index in [4.69, 9.17) is 4.42 Å². The summed E-state index contributed by atoms with van der Waals surface area (Å²) < 4.78 is 19.4. The van der Waals surface area contributed by atoms with E-state index in [9.17, 15) is 9.18 Å². The molecule has 0 fully saturated rings. The lowest BCUT2D eigenvalue weighted by Crippen LogP contribution is -2.17. The molecule has 0 spiro atoms. The normalized spacial score (nSPS) is 11.0. The van der Waals surface area contributed by atoms with Crippen LogP contribution in [-0.2, 0) is 0 Å². The molecule has 0 bridgehead atoms. The van der Waals surface area contributed by atoms with Crippen molar-refractivity contribution in [2.24, 2.45) is 5.10 Å². The number of hydrogen-bond donors (Lipinski definition) is 1. The number of hydrogen-bond acceptors (Lipinski definition) is 3. The van der Waals surface area contributed by atoms with Crippen molar-refractivity contribution in [1.82, 2.24) is 5.43 Å². The molecule has 0 saturated heterocycles. The number of hydrazone groups is 1. The van der Waals surface area contributed by atoms with Crippen LogP contribution in [0.5, 0.6) is 0 Å². The highest BCUT2D eigenvalue weighted by Crippen LogP contribution is 2.14. The smallest absolute Gasteiger partial charge is 0.274 e. The summed E-state index contributed by atoms with van der Waals surface area (Å²) in [5.41, 5.74) is 3.03. The van der Waals surface area contributed by atoms with Gasteiger partial charge in [0.05, 0.1) is 11.8 Å². The van der Waals surface area contributed by atoms with Crippen LogP contribution in [-0.4, -0.2) is 12.1 Å². The van der Waals surface area contributed by atoms with Crippen molar-refractivity contribution in [2.75, 3.05) is 0 Å². The van der Waals surface area contributed by atoms with Gasteiger partial charge in [0.15, 0.2) is 0 Å². The topological polar surface area (TPSA) is 54.6 Å². The predicted octanol–water partition coefficient (Wildman–Crippen LogP) is 3.56. The average Bonchev–Trinajstić information content (AvgIpc) is 2.72. The van der Waals surface area contributed by atoms with Crippen LogP contribution in [0.2, 0.25) is 0 Å². The van der Waals surface area contributed by atoms with Gasteiger partial charge in [-0.2, -0.15) is 5.10 Å². The molecule has 1 aromatic heterocycles. The molecule has 2 rings (SSSR count). The fourth-order valence-electron chi connectivity index (χ4n) is 1.69. The van der Waals surface area contributed by atoms with Crippen molar-refractivity contribution < 1.29 is 13.6 Å². The van der Waals surface area contributed by atoms with Gasteiger partial charge >= 0.3 is 0 Å². The molecule has 0 aliphatic rings. The molecule has 0 unspecified atom stereocenters. The summed E-state index contributed by atoms with van der Waals surface area (Å²) in [6.45, 7) is 3.45. The number of aryl methyl sites for hydroxylation is 2. The van der Waals surface area contributed by atoms with Crippen molar-refractivity contribution in [3.05, 3.63) is 57.2 Å². The highest BCUT2D eigenvalue weighted by Gasteiger charge is 2.12. The van der Waals surface area contributed by atoms with Crippen LogP contribution in [0.3, 0.4) is 0 Å². The zero-order valence-corrected chi connectivity index (χ0v) is 12.5. The Bertz CT molecular complexity index is 680. The molecule has 1 aromatic carbocycles. The van der Waals surface area contributed by atoms with E-state index in [0.717, 1.165) is 4.47 Å². The number of carbonyl (C=O) groups is 1. The van der Waals surface area contributed by atoms with Gasteiger partial charge in [0.2, 0.25) is 0 Å². The van der Waals surface area contributed by atoms with Gasteiger partial charge < -0.3 is 4.42 Å². The molecule has 0 radical (unpaired) electrons. The molecule has 2 aromatic rings. The third kappa shape index (κ3) is 3.33. The van der Waals surface area contributed by atoms with Gasteiger partial charge in [-0.15, -0.1) is 0 Å². The second-order valence-electron chi connectivity index (χ2n) is 4.19. The van der Waals surface area contributed by atoms with Crippen LogP contribution >= 0.6 is 15.9 Å². The summed E-state index contributed by atoms with van der Waals surface area (Å²) in [5, 5.41) is 3.74. The van der Waals surface area contributed by atoms with Gasteiger partial charge in [-0.1, -0.05) is 15.9 Å². The second-order valence-corrected chi connectivity index (χ2v) is 5.11. The number of nitrogens with zero attached hydrogens (tertiary/aromatic N) is 1. The van der Waals surface area contributed by atoms with Crippen LogP contribution in [0.15, 0.2) is 38.3 Å². The van der Waals surface area contributed by atoms with Crippen molar-refractivity contribution in [3.8, 4) is 0 Å². The maximum absolute atomic E-state index is 13.4. The highest BCUT2D eigenvalue weighted by molar-refractivity contribution is 9.10. The van der Waals surface area contributed by atoms with E-state index in [-0.39, 0.29) is 5.56 Å². The molecular formula is C14H12BrFN2O2. The summed E-state index contributed by atoms with van der Waals surface area (Å²) in [4.78, 5) is 11.8. The fourth-order valence-corrected chi connectivity index (χ4v) is 2.07. The summed E-state index contributed by atoms with van der Waals surface area (Å²) in [6.07, 6.45) is 1.25. The quantitative estimate of drug-likeness (QED) is 0.687. The fraction of sp³-hybridized carbons (Fsp3) is 0.143. The Labute approximate surface area is 123 Å². The van der Waals surface area contributed by atoms with Gasteiger partial charge in [-0.05, 0) is 38.1 Å². The maximum Gasteiger partial charge on any atom is 0.274 e. The molecule has 0 atom stereocenters. The van der Waals surface area contributed by atoms with Crippen LogP contribution in [0.25, 0.3) is 0 Å². The Morgan fingerprint density at radius 2 is 2.15 bits per heavy atom. The lowest BCUT2D eigenvalue weighted by atomic mass is 10.2.